The Labute approximate surface area is 184 Å². The highest BCUT2D eigenvalue weighted by Gasteiger charge is 2.31. The maximum Gasteiger partial charge on any atom is 0.255 e. The van der Waals surface area contributed by atoms with Crippen LogP contribution in [0.2, 0.25) is 0 Å². The molecule has 0 heterocycles. The topological polar surface area (TPSA) is 20.3 Å². The zero-order valence-electron chi connectivity index (χ0n) is 17.9. The standard InChI is InChI=1S/C29H27NO/c1-21-15-16-23-11-7-8-14-27(23)28(21)29(31)30(18-17-22-9-3-2-4-10-22)26-19-24-12-5-6-13-25(24)20-26/h2-16,26H,17-20H2,1H3. The van der Waals surface area contributed by atoms with Crippen molar-refractivity contribution in [3.8, 4) is 0 Å². The molecule has 0 radical (unpaired) electrons. The highest BCUT2D eigenvalue weighted by molar-refractivity contribution is 6.08. The summed E-state index contributed by atoms with van der Waals surface area (Å²) < 4.78 is 0. The molecule has 0 unspecified atom stereocenters. The fourth-order valence-electron chi connectivity index (χ4n) is 4.91. The number of benzene rings is 4. The van der Waals surface area contributed by atoms with Gasteiger partial charge in [-0.1, -0.05) is 91.0 Å². The van der Waals surface area contributed by atoms with Crippen molar-refractivity contribution in [1.29, 1.82) is 0 Å². The molecule has 0 fully saturated rings. The second-order valence-electron chi connectivity index (χ2n) is 8.54. The number of carbonyl (C=O) groups excluding carboxylic acids is 1. The summed E-state index contributed by atoms with van der Waals surface area (Å²) in [5.74, 6) is 0.156. The molecule has 0 saturated heterocycles. The van der Waals surface area contributed by atoms with Crippen molar-refractivity contribution in [2.45, 2.75) is 32.2 Å². The first-order valence-electron chi connectivity index (χ1n) is 11.1. The van der Waals surface area contributed by atoms with Gasteiger partial charge in [0.05, 0.1) is 5.56 Å². The third-order valence-electron chi connectivity index (χ3n) is 6.57. The summed E-state index contributed by atoms with van der Waals surface area (Å²) in [5, 5.41) is 2.17. The minimum Gasteiger partial charge on any atom is -0.335 e. The van der Waals surface area contributed by atoms with Gasteiger partial charge in [-0.05, 0) is 59.2 Å². The van der Waals surface area contributed by atoms with Crippen LogP contribution in [0.1, 0.15) is 32.6 Å². The van der Waals surface area contributed by atoms with Crippen molar-refractivity contribution in [2.75, 3.05) is 6.54 Å². The van der Waals surface area contributed by atoms with Gasteiger partial charge in [-0.2, -0.15) is 0 Å². The highest BCUT2D eigenvalue weighted by atomic mass is 16.2. The van der Waals surface area contributed by atoms with E-state index in [1.165, 1.54) is 16.7 Å². The monoisotopic (exact) mass is 405 g/mol. The van der Waals surface area contributed by atoms with E-state index >= 15 is 0 Å². The third kappa shape index (κ3) is 3.86. The summed E-state index contributed by atoms with van der Waals surface area (Å²) in [6, 6.07) is 31.7. The summed E-state index contributed by atoms with van der Waals surface area (Å²) in [6.07, 6.45) is 2.73. The maximum absolute atomic E-state index is 14.1. The molecule has 0 saturated carbocycles. The van der Waals surface area contributed by atoms with Crippen molar-refractivity contribution >= 4 is 16.7 Å². The minimum atomic E-state index is 0.156. The molecule has 0 spiro atoms. The zero-order valence-corrected chi connectivity index (χ0v) is 17.9. The van der Waals surface area contributed by atoms with E-state index in [4.69, 9.17) is 0 Å². The Morgan fingerprint density at radius 3 is 2.19 bits per heavy atom. The maximum atomic E-state index is 14.1. The first-order chi connectivity index (χ1) is 15.2. The van der Waals surface area contributed by atoms with Gasteiger partial charge in [-0.15, -0.1) is 0 Å². The Hall–Kier alpha value is -3.39. The Bertz CT molecular complexity index is 1200. The van der Waals surface area contributed by atoms with E-state index in [1.807, 2.05) is 18.2 Å². The smallest absolute Gasteiger partial charge is 0.255 e. The second kappa shape index (κ2) is 8.39. The summed E-state index contributed by atoms with van der Waals surface area (Å²) in [7, 11) is 0. The Morgan fingerprint density at radius 1 is 0.806 bits per heavy atom. The van der Waals surface area contributed by atoms with Crippen molar-refractivity contribution < 1.29 is 4.79 Å². The lowest BCUT2D eigenvalue weighted by atomic mass is 9.97. The molecule has 1 aliphatic rings. The lowest BCUT2D eigenvalue weighted by Crippen LogP contribution is -2.42. The van der Waals surface area contributed by atoms with Crippen LogP contribution >= 0.6 is 0 Å². The molecule has 31 heavy (non-hydrogen) atoms. The number of aryl methyl sites for hydroxylation is 1. The molecule has 0 atom stereocenters. The fourth-order valence-corrected chi connectivity index (χ4v) is 4.91. The van der Waals surface area contributed by atoms with Gasteiger partial charge >= 0.3 is 0 Å². The number of amides is 1. The van der Waals surface area contributed by atoms with E-state index in [-0.39, 0.29) is 11.9 Å². The van der Waals surface area contributed by atoms with Crippen molar-refractivity contribution in [1.82, 2.24) is 4.90 Å². The van der Waals surface area contributed by atoms with Gasteiger partial charge in [0.25, 0.3) is 5.91 Å². The van der Waals surface area contributed by atoms with Gasteiger partial charge in [-0.25, -0.2) is 0 Å². The second-order valence-corrected chi connectivity index (χ2v) is 8.54. The molecule has 1 amide bonds. The molecule has 1 aliphatic carbocycles. The van der Waals surface area contributed by atoms with Crippen LogP contribution in [0.3, 0.4) is 0 Å². The molecule has 154 valence electrons. The van der Waals surface area contributed by atoms with E-state index in [0.717, 1.165) is 47.7 Å². The average Bonchev–Trinajstić information content (AvgIpc) is 3.23. The number of carbonyl (C=O) groups is 1. The molecular formula is C29H27NO. The van der Waals surface area contributed by atoms with Crippen LogP contribution in [-0.2, 0) is 19.3 Å². The average molecular weight is 406 g/mol. The van der Waals surface area contributed by atoms with Crippen LogP contribution in [0.25, 0.3) is 10.8 Å². The summed E-state index contributed by atoms with van der Waals surface area (Å²) >= 11 is 0. The first-order valence-corrected chi connectivity index (χ1v) is 11.1. The molecule has 2 heteroatoms. The summed E-state index contributed by atoms with van der Waals surface area (Å²) in [4.78, 5) is 16.2. The number of fused-ring (bicyclic) bond motifs is 2. The van der Waals surface area contributed by atoms with E-state index in [1.54, 1.807) is 0 Å². The summed E-state index contributed by atoms with van der Waals surface area (Å²) in [5.41, 5.74) is 5.91. The van der Waals surface area contributed by atoms with Crippen LogP contribution in [0.15, 0.2) is 91.0 Å². The molecule has 0 aromatic heterocycles. The van der Waals surface area contributed by atoms with Gasteiger partial charge in [0, 0.05) is 12.6 Å². The predicted molar refractivity (Wildman–Crippen MR) is 128 cm³/mol. The zero-order chi connectivity index (χ0) is 21.2. The lowest BCUT2D eigenvalue weighted by Gasteiger charge is -2.30. The van der Waals surface area contributed by atoms with Crippen LogP contribution in [0, 0.1) is 6.92 Å². The van der Waals surface area contributed by atoms with Crippen molar-refractivity contribution in [3.05, 3.63) is 119 Å². The highest BCUT2D eigenvalue weighted by Crippen LogP contribution is 2.29. The van der Waals surface area contributed by atoms with Gasteiger partial charge < -0.3 is 4.90 Å². The van der Waals surface area contributed by atoms with E-state index in [2.05, 4.69) is 84.6 Å². The van der Waals surface area contributed by atoms with Gasteiger partial charge in [-0.3, -0.25) is 4.79 Å². The molecule has 4 aromatic rings. The normalized spacial score (nSPS) is 13.3. The number of hydrogen-bond donors (Lipinski definition) is 0. The van der Waals surface area contributed by atoms with E-state index in [9.17, 15) is 4.79 Å². The van der Waals surface area contributed by atoms with Crippen molar-refractivity contribution in [2.24, 2.45) is 0 Å². The first kappa shape index (κ1) is 19.6. The van der Waals surface area contributed by atoms with Crippen LogP contribution in [0.4, 0.5) is 0 Å². The minimum absolute atomic E-state index is 0.156. The Morgan fingerprint density at radius 2 is 1.45 bits per heavy atom. The third-order valence-corrected chi connectivity index (χ3v) is 6.57. The van der Waals surface area contributed by atoms with E-state index < -0.39 is 0 Å². The van der Waals surface area contributed by atoms with Gasteiger partial charge in [0.15, 0.2) is 0 Å². The molecule has 0 bridgehead atoms. The fraction of sp³-hybridized carbons (Fsp3) is 0.207. The number of nitrogens with zero attached hydrogens (tertiary/aromatic N) is 1. The van der Waals surface area contributed by atoms with Crippen LogP contribution in [0.5, 0.6) is 0 Å². The van der Waals surface area contributed by atoms with E-state index in [0.29, 0.717) is 0 Å². The predicted octanol–water partition coefficient (Wildman–Crippen LogP) is 6.00. The molecular weight excluding hydrogens is 378 g/mol. The van der Waals surface area contributed by atoms with Gasteiger partial charge in [0.1, 0.15) is 0 Å². The number of hydrogen-bond acceptors (Lipinski definition) is 1. The Kier molecular flexibility index (Phi) is 5.30. The number of rotatable bonds is 5. The van der Waals surface area contributed by atoms with Crippen LogP contribution < -0.4 is 0 Å². The largest absolute Gasteiger partial charge is 0.335 e. The van der Waals surface area contributed by atoms with Crippen molar-refractivity contribution in [3.63, 3.8) is 0 Å². The SMILES string of the molecule is Cc1ccc2ccccc2c1C(=O)N(CCc1ccccc1)C1Cc2ccccc2C1. The Balaban J connectivity index is 1.51. The van der Waals surface area contributed by atoms with Crippen LogP contribution in [-0.4, -0.2) is 23.4 Å². The quantitative estimate of drug-likeness (QED) is 0.399. The molecule has 2 nitrogen and oxygen atoms in total. The molecule has 0 N–H and O–H groups in total. The molecule has 5 rings (SSSR count). The van der Waals surface area contributed by atoms with Gasteiger partial charge in [0.2, 0.25) is 0 Å². The molecule has 4 aromatic carbocycles. The summed E-state index contributed by atoms with van der Waals surface area (Å²) in [6.45, 7) is 2.78. The molecule has 0 aliphatic heterocycles. The lowest BCUT2D eigenvalue weighted by molar-refractivity contribution is 0.0688.